The molecule has 0 aliphatic carbocycles. The summed E-state index contributed by atoms with van der Waals surface area (Å²) in [6.45, 7) is 1.17. The number of nitrogens with two attached hydrogens (primary N) is 1. The molecule has 1 aromatic carbocycles. The Morgan fingerprint density at radius 3 is 2.94 bits per heavy atom. The lowest BCUT2D eigenvalue weighted by Crippen LogP contribution is -2.38. The van der Waals surface area contributed by atoms with Crippen LogP contribution in [0.1, 0.15) is 18.4 Å². The van der Waals surface area contributed by atoms with E-state index in [9.17, 15) is 8.78 Å². The van der Waals surface area contributed by atoms with Crippen LogP contribution in [0.2, 0.25) is 0 Å². The molecule has 1 aliphatic rings. The van der Waals surface area contributed by atoms with Crippen molar-refractivity contribution in [1.29, 1.82) is 0 Å². The molecular formula is C12H14F2N2S. The number of nitrogens with zero attached hydrogens (tertiary/aromatic N) is 1. The summed E-state index contributed by atoms with van der Waals surface area (Å²) in [5, 5.41) is 0. The quantitative estimate of drug-likeness (QED) is 0.841. The van der Waals surface area contributed by atoms with Crippen molar-refractivity contribution in [2.24, 2.45) is 5.73 Å². The van der Waals surface area contributed by atoms with E-state index in [1.807, 2.05) is 4.90 Å². The van der Waals surface area contributed by atoms with E-state index >= 15 is 0 Å². The molecule has 1 heterocycles. The second-order valence-electron chi connectivity index (χ2n) is 4.27. The van der Waals surface area contributed by atoms with Crippen LogP contribution in [0.5, 0.6) is 0 Å². The highest BCUT2D eigenvalue weighted by Crippen LogP contribution is 2.21. The molecule has 1 unspecified atom stereocenters. The van der Waals surface area contributed by atoms with Gasteiger partial charge >= 0.3 is 0 Å². The molecule has 2 rings (SSSR count). The summed E-state index contributed by atoms with van der Waals surface area (Å²) in [6, 6.07) is 3.50. The van der Waals surface area contributed by atoms with Gasteiger partial charge in [-0.1, -0.05) is 12.2 Å². The minimum Gasteiger partial charge on any atom is -0.392 e. The maximum atomic E-state index is 13.5. The summed E-state index contributed by atoms with van der Waals surface area (Å²) in [7, 11) is 0. The Hall–Kier alpha value is -1.07. The minimum absolute atomic E-state index is 0.00710. The third-order valence-electron chi connectivity index (χ3n) is 3.07. The van der Waals surface area contributed by atoms with E-state index < -0.39 is 5.82 Å². The predicted octanol–water partition coefficient (Wildman–Crippen LogP) is 2.22. The molecule has 92 valence electrons. The minimum atomic E-state index is -0.424. The Labute approximate surface area is 104 Å². The fourth-order valence-corrected chi connectivity index (χ4v) is 2.49. The Morgan fingerprint density at radius 2 is 2.24 bits per heavy atom. The van der Waals surface area contributed by atoms with Crippen LogP contribution in [0.3, 0.4) is 0 Å². The highest BCUT2D eigenvalue weighted by atomic mass is 32.1. The average molecular weight is 256 g/mol. The normalized spacial score (nSPS) is 20.7. The molecule has 1 aromatic rings. The molecule has 17 heavy (non-hydrogen) atoms. The molecule has 1 aliphatic heterocycles. The summed E-state index contributed by atoms with van der Waals surface area (Å²) < 4.78 is 26.5. The largest absolute Gasteiger partial charge is 0.392 e. The first-order valence-electron chi connectivity index (χ1n) is 5.55. The van der Waals surface area contributed by atoms with Gasteiger partial charge in [0.2, 0.25) is 0 Å². The zero-order valence-corrected chi connectivity index (χ0v) is 10.1. The van der Waals surface area contributed by atoms with Crippen LogP contribution in [0, 0.1) is 11.6 Å². The number of hydrogen-bond donors (Lipinski definition) is 1. The molecule has 0 aromatic heterocycles. The average Bonchev–Trinajstić information content (AvgIpc) is 2.71. The third-order valence-corrected chi connectivity index (χ3v) is 3.35. The van der Waals surface area contributed by atoms with Crippen molar-refractivity contribution in [2.45, 2.75) is 25.4 Å². The first-order valence-corrected chi connectivity index (χ1v) is 5.96. The first kappa shape index (κ1) is 12.4. The molecule has 0 radical (unpaired) electrons. The molecule has 0 bridgehead atoms. The van der Waals surface area contributed by atoms with Gasteiger partial charge in [-0.2, -0.15) is 0 Å². The Kier molecular flexibility index (Phi) is 3.69. The van der Waals surface area contributed by atoms with Crippen molar-refractivity contribution >= 4 is 17.2 Å². The monoisotopic (exact) mass is 256 g/mol. The van der Waals surface area contributed by atoms with Crippen molar-refractivity contribution in [3.8, 4) is 0 Å². The van der Waals surface area contributed by atoms with Gasteiger partial charge in [0.05, 0.1) is 11.0 Å². The van der Waals surface area contributed by atoms with E-state index in [-0.39, 0.29) is 11.9 Å². The molecule has 5 heteroatoms. The Bertz CT molecular complexity index is 437. The number of hydrogen-bond acceptors (Lipinski definition) is 2. The van der Waals surface area contributed by atoms with Crippen LogP contribution in [0.25, 0.3) is 0 Å². The van der Waals surface area contributed by atoms with Gasteiger partial charge in [-0.05, 0) is 37.6 Å². The molecule has 0 saturated carbocycles. The second kappa shape index (κ2) is 5.06. The number of halogens is 2. The summed E-state index contributed by atoms with van der Waals surface area (Å²) in [4.78, 5) is 2.43. The molecule has 2 nitrogen and oxygen atoms in total. The lowest BCUT2D eigenvalue weighted by molar-refractivity contribution is 0.290. The van der Waals surface area contributed by atoms with Crippen molar-refractivity contribution < 1.29 is 8.78 Å². The maximum Gasteiger partial charge on any atom is 0.127 e. The number of likely N-dealkylation sites (tertiary alicyclic amines) is 1. The zero-order valence-electron chi connectivity index (χ0n) is 9.33. The number of benzene rings is 1. The predicted molar refractivity (Wildman–Crippen MR) is 66.6 cm³/mol. The van der Waals surface area contributed by atoms with Crippen LogP contribution < -0.4 is 5.73 Å². The van der Waals surface area contributed by atoms with Crippen LogP contribution in [-0.4, -0.2) is 22.5 Å². The van der Waals surface area contributed by atoms with Crippen LogP contribution in [0.15, 0.2) is 18.2 Å². The van der Waals surface area contributed by atoms with Gasteiger partial charge in [0.1, 0.15) is 11.6 Å². The smallest absolute Gasteiger partial charge is 0.127 e. The van der Waals surface area contributed by atoms with Gasteiger partial charge in [-0.25, -0.2) is 8.78 Å². The van der Waals surface area contributed by atoms with E-state index in [0.717, 1.165) is 31.5 Å². The van der Waals surface area contributed by atoms with Gasteiger partial charge in [0.15, 0.2) is 0 Å². The fraction of sp³-hybridized carbons (Fsp3) is 0.417. The topological polar surface area (TPSA) is 29.3 Å². The van der Waals surface area contributed by atoms with E-state index in [2.05, 4.69) is 0 Å². The lowest BCUT2D eigenvalue weighted by Gasteiger charge is -2.23. The molecule has 1 atom stereocenters. The van der Waals surface area contributed by atoms with E-state index in [1.165, 1.54) is 6.07 Å². The third kappa shape index (κ3) is 2.79. The van der Waals surface area contributed by atoms with E-state index in [1.54, 1.807) is 0 Å². The molecule has 1 fully saturated rings. The summed E-state index contributed by atoms with van der Waals surface area (Å²) in [5.74, 6) is -0.813. The van der Waals surface area contributed by atoms with Gasteiger partial charge in [-0.3, -0.25) is 4.90 Å². The van der Waals surface area contributed by atoms with Crippen molar-refractivity contribution in [3.63, 3.8) is 0 Å². The van der Waals surface area contributed by atoms with Gasteiger partial charge in [0.25, 0.3) is 0 Å². The highest BCUT2D eigenvalue weighted by molar-refractivity contribution is 7.80. The fourth-order valence-electron chi connectivity index (χ4n) is 2.22. The highest BCUT2D eigenvalue weighted by Gasteiger charge is 2.27. The molecule has 0 amide bonds. The summed E-state index contributed by atoms with van der Waals surface area (Å²) >= 11 is 4.98. The summed E-state index contributed by atoms with van der Waals surface area (Å²) in [6.07, 6.45) is 1.88. The zero-order chi connectivity index (χ0) is 12.4. The van der Waals surface area contributed by atoms with Crippen molar-refractivity contribution in [2.75, 3.05) is 6.54 Å². The van der Waals surface area contributed by atoms with Gasteiger partial charge in [0, 0.05) is 12.1 Å². The molecule has 2 N–H and O–H groups in total. The van der Waals surface area contributed by atoms with Crippen LogP contribution in [0.4, 0.5) is 8.78 Å². The molecule has 0 spiro atoms. The molecule has 1 saturated heterocycles. The SMILES string of the molecule is NC(=S)C1CCCN1Cc1cc(F)ccc1F. The standard InChI is InChI=1S/C12H14F2N2S/c13-9-3-4-10(14)8(6-9)7-16-5-1-2-11(16)12(15)17/h3-4,6,11H,1-2,5,7H2,(H2,15,17). The van der Waals surface area contributed by atoms with Gasteiger partial charge in [-0.15, -0.1) is 0 Å². The van der Waals surface area contributed by atoms with E-state index in [4.69, 9.17) is 18.0 Å². The Balaban J connectivity index is 2.15. The number of thiocarbonyl (C=S) groups is 1. The molecular weight excluding hydrogens is 242 g/mol. The first-order chi connectivity index (χ1) is 8.08. The van der Waals surface area contributed by atoms with E-state index in [0.29, 0.717) is 17.1 Å². The van der Waals surface area contributed by atoms with Crippen LogP contribution in [-0.2, 0) is 6.54 Å². The lowest BCUT2D eigenvalue weighted by atomic mass is 10.1. The maximum absolute atomic E-state index is 13.5. The number of rotatable bonds is 3. The summed E-state index contributed by atoms with van der Waals surface area (Å²) in [5.41, 5.74) is 5.99. The van der Waals surface area contributed by atoms with Gasteiger partial charge < -0.3 is 5.73 Å². The van der Waals surface area contributed by atoms with Crippen LogP contribution >= 0.6 is 12.2 Å². The van der Waals surface area contributed by atoms with Crippen molar-refractivity contribution in [1.82, 2.24) is 4.90 Å². The Morgan fingerprint density at radius 1 is 1.47 bits per heavy atom. The van der Waals surface area contributed by atoms with Crippen molar-refractivity contribution in [3.05, 3.63) is 35.4 Å². The second-order valence-corrected chi connectivity index (χ2v) is 4.74.